The zero-order valence-corrected chi connectivity index (χ0v) is 20.3. The monoisotopic (exact) mass is 507 g/mol. The molecule has 0 amide bonds. The fraction of sp³-hybridized carbons (Fsp3) is 0.829. The molecular formula is C35H86. The first kappa shape index (κ1) is 70.0. The SMILES string of the molecule is C.C.C.C.C.C.C.C.CC.CCCCCCCC.CCCCCCCCC.CCc1ccccc1. The third kappa shape index (κ3) is 79.2. The van der Waals surface area contributed by atoms with Crippen LogP contribution in [0.25, 0.3) is 0 Å². The molecule has 1 aromatic rings. The van der Waals surface area contributed by atoms with Crippen molar-refractivity contribution in [3.8, 4) is 0 Å². The van der Waals surface area contributed by atoms with Crippen molar-refractivity contribution in [2.24, 2.45) is 0 Å². The van der Waals surface area contributed by atoms with Crippen LogP contribution in [0.2, 0.25) is 0 Å². The second kappa shape index (κ2) is 76.6. The van der Waals surface area contributed by atoms with E-state index in [4.69, 9.17) is 0 Å². The Hall–Kier alpha value is -0.780. The average molecular weight is 507 g/mol. The standard InChI is InChI=1S/C9H20.C8H10.C8H18.C2H6.8CH4/c1-3-5-7-9-8-6-4-2;1-2-8-6-4-3-5-7-8;1-3-5-7-8-6-4-2;1-2;;;;;;;;/h3-9H2,1-2H3;3-7H,2H2,1H3;3-8H2,1-2H3;1-2H3;8*1H4. The van der Waals surface area contributed by atoms with E-state index in [1.165, 1.54) is 89.0 Å². The minimum absolute atomic E-state index is 0. The lowest BCUT2D eigenvalue weighted by molar-refractivity contribution is 0.602. The van der Waals surface area contributed by atoms with E-state index in [0.717, 1.165) is 6.42 Å². The van der Waals surface area contributed by atoms with Crippen LogP contribution < -0.4 is 0 Å². The fourth-order valence-corrected chi connectivity index (χ4v) is 2.60. The molecule has 0 fully saturated rings. The minimum Gasteiger partial charge on any atom is -0.0776 e. The number of hydrogen-bond donors (Lipinski definition) is 0. The van der Waals surface area contributed by atoms with Gasteiger partial charge in [-0.3, -0.25) is 0 Å². The molecule has 226 valence electrons. The number of hydrogen-bond acceptors (Lipinski definition) is 0. The van der Waals surface area contributed by atoms with Gasteiger partial charge in [0.15, 0.2) is 0 Å². The summed E-state index contributed by atoms with van der Waals surface area (Å²) in [6, 6.07) is 10.5. The molecule has 0 aliphatic rings. The van der Waals surface area contributed by atoms with Gasteiger partial charge < -0.3 is 0 Å². The van der Waals surface area contributed by atoms with Gasteiger partial charge in [0.25, 0.3) is 0 Å². The number of benzene rings is 1. The molecule has 0 aliphatic heterocycles. The van der Waals surface area contributed by atoms with Crippen molar-refractivity contribution in [3.05, 3.63) is 35.9 Å². The van der Waals surface area contributed by atoms with Crippen LogP contribution in [0, 0.1) is 0 Å². The van der Waals surface area contributed by atoms with Gasteiger partial charge in [0.1, 0.15) is 0 Å². The predicted octanol–water partition coefficient (Wildman–Crippen LogP) is 15.5. The second-order valence-corrected chi connectivity index (χ2v) is 7.02. The normalized spacial score (nSPS) is 7.06. The van der Waals surface area contributed by atoms with Crippen molar-refractivity contribution in [2.75, 3.05) is 0 Å². The molecule has 0 saturated heterocycles. The molecule has 1 rings (SSSR count). The topological polar surface area (TPSA) is 0 Å². The Balaban J connectivity index is -0.0000000238. The quantitative estimate of drug-likeness (QED) is 0.247. The van der Waals surface area contributed by atoms with Crippen molar-refractivity contribution in [1.82, 2.24) is 0 Å². The molecule has 0 N–H and O–H groups in total. The number of aryl methyl sites for hydroxylation is 1. The molecular weight excluding hydrogens is 420 g/mol. The maximum atomic E-state index is 2.26. The van der Waals surface area contributed by atoms with Crippen LogP contribution in [0.15, 0.2) is 30.3 Å². The molecule has 0 atom stereocenters. The molecule has 0 aliphatic carbocycles. The summed E-state index contributed by atoms with van der Waals surface area (Å²) >= 11 is 0. The largest absolute Gasteiger partial charge is 0.0776 e. The zero-order valence-electron chi connectivity index (χ0n) is 20.3. The van der Waals surface area contributed by atoms with E-state index in [2.05, 4.69) is 58.9 Å². The Morgan fingerprint density at radius 2 is 0.600 bits per heavy atom. The Labute approximate surface area is 233 Å². The highest BCUT2D eigenvalue weighted by Gasteiger charge is 1.86. The summed E-state index contributed by atoms with van der Waals surface area (Å²) < 4.78 is 0. The van der Waals surface area contributed by atoms with Crippen LogP contribution in [0.1, 0.15) is 197 Å². The van der Waals surface area contributed by atoms with Crippen LogP contribution in [-0.4, -0.2) is 0 Å². The molecule has 0 spiro atoms. The lowest BCUT2D eigenvalue weighted by atomic mass is 10.1. The van der Waals surface area contributed by atoms with Crippen molar-refractivity contribution >= 4 is 0 Å². The molecule has 0 heteroatoms. The van der Waals surface area contributed by atoms with E-state index in [1.54, 1.807) is 0 Å². The number of rotatable bonds is 12. The lowest BCUT2D eigenvalue weighted by Crippen LogP contribution is -1.76. The Morgan fingerprint density at radius 1 is 0.371 bits per heavy atom. The highest BCUT2D eigenvalue weighted by atomic mass is 13.9. The molecule has 0 radical (unpaired) electrons. The zero-order chi connectivity index (χ0) is 21.0. The van der Waals surface area contributed by atoms with Gasteiger partial charge in [0.2, 0.25) is 0 Å². The van der Waals surface area contributed by atoms with Crippen molar-refractivity contribution in [3.63, 3.8) is 0 Å². The number of unbranched alkanes of at least 4 members (excludes halogenated alkanes) is 11. The summed E-state index contributed by atoms with van der Waals surface area (Å²) in [5.41, 5.74) is 1.41. The van der Waals surface area contributed by atoms with Gasteiger partial charge in [-0.1, -0.05) is 222 Å². The molecule has 35 heavy (non-hydrogen) atoms. The summed E-state index contributed by atoms with van der Waals surface area (Å²) in [7, 11) is 0. The van der Waals surface area contributed by atoms with E-state index in [0.29, 0.717) is 0 Å². The van der Waals surface area contributed by atoms with Gasteiger partial charge in [0.05, 0.1) is 0 Å². The van der Waals surface area contributed by atoms with Gasteiger partial charge in [-0.25, -0.2) is 0 Å². The fourth-order valence-electron chi connectivity index (χ4n) is 2.60. The van der Waals surface area contributed by atoms with Gasteiger partial charge in [-0.2, -0.15) is 0 Å². The average Bonchev–Trinajstić information content (AvgIpc) is 2.74. The first-order valence-corrected chi connectivity index (χ1v) is 12.3. The van der Waals surface area contributed by atoms with Gasteiger partial charge in [0, 0.05) is 0 Å². The van der Waals surface area contributed by atoms with Crippen molar-refractivity contribution in [2.45, 2.75) is 198 Å². The van der Waals surface area contributed by atoms with Crippen LogP contribution in [0.3, 0.4) is 0 Å². The molecule has 0 bridgehead atoms. The first-order chi connectivity index (χ1) is 13.3. The van der Waals surface area contributed by atoms with Crippen LogP contribution in [-0.2, 0) is 6.42 Å². The van der Waals surface area contributed by atoms with Gasteiger partial charge in [-0.05, 0) is 12.0 Å². The van der Waals surface area contributed by atoms with E-state index in [-0.39, 0.29) is 59.4 Å². The minimum atomic E-state index is 0. The molecule has 0 heterocycles. The van der Waals surface area contributed by atoms with E-state index < -0.39 is 0 Å². The smallest absolute Gasteiger partial charge is 0.0307 e. The van der Waals surface area contributed by atoms with Crippen molar-refractivity contribution in [1.29, 1.82) is 0 Å². The lowest BCUT2D eigenvalue weighted by Gasteiger charge is -1.96. The third-order valence-electron chi connectivity index (χ3n) is 4.42. The Morgan fingerprint density at radius 3 is 0.771 bits per heavy atom. The summed E-state index contributed by atoms with van der Waals surface area (Å²) in [5.74, 6) is 0. The van der Waals surface area contributed by atoms with Crippen LogP contribution in [0.5, 0.6) is 0 Å². The van der Waals surface area contributed by atoms with E-state index in [1.807, 2.05) is 19.9 Å². The molecule has 0 unspecified atom stereocenters. The van der Waals surface area contributed by atoms with Gasteiger partial charge >= 0.3 is 0 Å². The highest BCUT2D eigenvalue weighted by Crippen LogP contribution is 2.05. The second-order valence-electron chi connectivity index (χ2n) is 7.02. The molecule has 0 aromatic heterocycles. The van der Waals surface area contributed by atoms with Gasteiger partial charge in [-0.15, -0.1) is 0 Å². The van der Waals surface area contributed by atoms with Crippen LogP contribution >= 0.6 is 0 Å². The van der Waals surface area contributed by atoms with Crippen molar-refractivity contribution < 1.29 is 0 Å². The maximum Gasteiger partial charge on any atom is -0.0307 e. The highest BCUT2D eigenvalue weighted by molar-refractivity contribution is 5.13. The maximum absolute atomic E-state index is 2.26. The molecule has 0 nitrogen and oxygen atoms in total. The third-order valence-corrected chi connectivity index (χ3v) is 4.42. The van der Waals surface area contributed by atoms with E-state index in [9.17, 15) is 0 Å². The molecule has 1 aromatic carbocycles. The Kier molecular flexibility index (Phi) is 153. The summed E-state index contributed by atoms with van der Waals surface area (Å²) in [4.78, 5) is 0. The first-order valence-electron chi connectivity index (χ1n) is 12.3. The summed E-state index contributed by atoms with van der Waals surface area (Å²) in [5, 5.41) is 0. The predicted molar refractivity (Wildman–Crippen MR) is 184 cm³/mol. The Bertz CT molecular complexity index is 289. The summed E-state index contributed by atoms with van der Waals surface area (Å²) in [6.45, 7) is 15.2. The van der Waals surface area contributed by atoms with Crippen LogP contribution in [0.4, 0.5) is 0 Å². The van der Waals surface area contributed by atoms with E-state index >= 15 is 0 Å². The summed E-state index contributed by atoms with van der Waals surface area (Å²) in [6.07, 6.45) is 19.6. The molecule has 0 saturated carbocycles.